The molecule has 0 aliphatic heterocycles. The second-order valence-corrected chi connectivity index (χ2v) is 6.90. The molecule has 0 amide bonds. The molecule has 0 radical (unpaired) electrons. The van der Waals surface area contributed by atoms with Gasteiger partial charge in [0, 0.05) is 5.39 Å². The molecule has 0 aliphatic rings. The summed E-state index contributed by atoms with van der Waals surface area (Å²) >= 11 is 7.96. The molecular formula is C16H10ClN5S. The smallest absolute Gasteiger partial charge is 0.176 e. The standard InChI is InChI=1S/C16H10ClN5S/c1-7-11-13-14(23-16(11)18-8(2)12(7)17)15-19-9-5-3-4-6-10(9)22(15)21-20-13/h3-6H,1-2H3. The molecule has 23 heavy (non-hydrogen) atoms. The number of hydrogen-bond donors (Lipinski definition) is 0. The van der Waals surface area contributed by atoms with Gasteiger partial charge in [-0.05, 0) is 31.5 Å². The first-order valence-electron chi connectivity index (χ1n) is 7.14. The maximum absolute atomic E-state index is 6.37. The van der Waals surface area contributed by atoms with Crippen LogP contribution in [0.15, 0.2) is 24.3 Å². The van der Waals surface area contributed by atoms with Gasteiger partial charge in [-0.15, -0.1) is 16.4 Å². The fourth-order valence-corrected chi connectivity index (χ4v) is 4.32. The first kappa shape index (κ1) is 13.2. The minimum absolute atomic E-state index is 0.687. The van der Waals surface area contributed by atoms with Crippen LogP contribution in [0, 0.1) is 13.8 Å². The Morgan fingerprint density at radius 1 is 1.13 bits per heavy atom. The normalized spacial score (nSPS) is 12.1. The molecular weight excluding hydrogens is 330 g/mol. The summed E-state index contributed by atoms with van der Waals surface area (Å²) in [5.74, 6) is 0. The maximum atomic E-state index is 6.37. The van der Waals surface area contributed by atoms with Gasteiger partial charge < -0.3 is 0 Å². The van der Waals surface area contributed by atoms with Crippen molar-refractivity contribution >= 4 is 60.1 Å². The topological polar surface area (TPSA) is 56.0 Å². The Bertz CT molecular complexity index is 1250. The molecule has 1 aromatic carbocycles. The molecule has 0 unspecified atom stereocenters. The number of benzene rings is 1. The highest BCUT2D eigenvalue weighted by Gasteiger charge is 2.19. The highest BCUT2D eigenvalue weighted by atomic mass is 35.5. The second kappa shape index (κ2) is 4.37. The van der Waals surface area contributed by atoms with Gasteiger partial charge in [-0.25, -0.2) is 9.97 Å². The fourth-order valence-electron chi connectivity index (χ4n) is 3.00. The van der Waals surface area contributed by atoms with E-state index in [0.29, 0.717) is 5.02 Å². The summed E-state index contributed by atoms with van der Waals surface area (Å²) in [6.07, 6.45) is 0. The number of pyridine rings is 1. The molecule has 5 nitrogen and oxygen atoms in total. The molecule has 5 aromatic rings. The molecule has 0 aliphatic carbocycles. The van der Waals surface area contributed by atoms with Gasteiger partial charge in [-0.3, -0.25) is 0 Å². The Labute approximate surface area is 139 Å². The van der Waals surface area contributed by atoms with Gasteiger partial charge >= 0.3 is 0 Å². The Hall–Kier alpha value is -2.31. The lowest BCUT2D eigenvalue weighted by molar-refractivity contribution is 0.853. The van der Waals surface area contributed by atoms with Crippen LogP contribution in [0.25, 0.3) is 37.1 Å². The van der Waals surface area contributed by atoms with Crippen molar-refractivity contribution in [3.63, 3.8) is 0 Å². The summed E-state index contributed by atoms with van der Waals surface area (Å²) in [4.78, 5) is 10.3. The van der Waals surface area contributed by atoms with Crippen molar-refractivity contribution in [1.82, 2.24) is 24.8 Å². The van der Waals surface area contributed by atoms with Crippen molar-refractivity contribution in [2.75, 3.05) is 0 Å². The predicted molar refractivity (Wildman–Crippen MR) is 93.5 cm³/mol. The van der Waals surface area contributed by atoms with Crippen LogP contribution in [0.1, 0.15) is 11.3 Å². The largest absolute Gasteiger partial charge is 0.241 e. The van der Waals surface area contributed by atoms with E-state index in [1.54, 1.807) is 15.9 Å². The highest BCUT2D eigenvalue weighted by molar-refractivity contribution is 7.26. The zero-order chi connectivity index (χ0) is 15.7. The molecule has 0 saturated heterocycles. The Morgan fingerprint density at radius 3 is 2.83 bits per heavy atom. The molecule has 0 bridgehead atoms. The van der Waals surface area contributed by atoms with Crippen molar-refractivity contribution < 1.29 is 0 Å². The number of aryl methyl sites for hydroxylation is 2. The van der Waals surface area contributed by atoms with Crippen molar-refractivity contribution in [1.29, 1.82) is 0 Å². The molecule has 112 valence electrons. The summed E-state index contributed by atoms with van der Waals surface area (Å²) in [5, 5.41) is 10.5. The van der Waals surface area contributed by atoms with Crippen molar-refractivity contribution in [3.8, 4) is 0 Å². The fraction of sp³-hybridized carbons (Fsp3) is 0.125. The molecule has 0 spiro atoms. The van der Waals surface area contributed by atoms with Gasteiger partial charge in [0.1, 0.15) is 15.0 Å². The number of imidazole rings is 1. The lowest BCUT2D eigenvalue weighted by Crippen LogP contribution is -1.95. The number of aromatic nitrogens is 5. The zero-order valence-electron chi connectivity index (χ0n) is 12.3. The lowest BCUT2D eigenvalue weighted by Gasteiger charge is -2.02. The SMILES string of the molecule is Cc1nc2sc3c(nnn4c5ccccc5nc34)c2c(C)c1Cl. The first-order valence-corrected chi connectivity index (χ1v) is 8.33. The Balaban J connectivity index is 2.06. The average Bonchev–Trinajstić information content (AvgIpc) is 3.10. The highest BCUT2D eigenvalue weighted by Crippen LogP contribution is 2.38. The number of nitrogens with zero attached hydrogens (tertiary/aromatic N) is 5. The third-order valence-corrected chi connectivity index (χ3v) is 5.76. The van der Waals surface area contributed by atoms with Gasteiger partial charge in [0.25, 0.3) is 0 Å². The monoisotopic (exact) mass is 339 g/mol. The third kappa shape index (κ3) is 1.62. The van der Waals surface area contributed by atoms with Gasteiger partial charge in [-0.2, -0.15) is 4.52 Å². The molecule has 4 aromatic heterocycles. The van der Waals surface area contributed by atoms with Crippen LogP contribution in [0.3, 0.4) is 0 Å². The minimum Gasteiger partial charge on any atom is -0.241 e. The van der Waals surface area contributed by atoms with E-state index >= 15 is 0 Å². The first-order chi connectivity index (χ1) is 11.1. The molecule has 0 N–H and O–H groups in total. The lowest BCUT2D eigenvalue weighted by atomic mass is 10.1. The van der Waals surface area contributed by atoms with E-state index in [-0.39, 0.29) is 0 Å². The summed E-state index contributed by atoms with van der Waals surface area (Å²) < 4.78 is 2.78. The maximum Gasteiger partial charge on any atom is 0.176 e. The van der Waals surface area contributed by atoms with Crippen LogP contribution in [-0.4, -0.2) is 24.8 Å². The third-order valence-electron chi connectivity index (χ3n) is 4.13. The Kier molecular flexibility index (Phi) is 2.50. The van der Waals surface area contributed by atoms with Crippen LogP contribution in [-0.2, 0) is 0 Å². The van der Waals surface area contributed by atoms with E-state index in [4.69, 9.17) is 16.6 Å². The number of para-hydroxylation sites is 2. The van der Waals surface area contributed by atoms with E-state index in [9.17, 15) is 0 Å². The predicted octanol–water partition coefficient (Wildman–Crippen LogP) is 4.31. The van der Waals surface area contributed by atoms with Crippen LogP contribution < -0.4 is 0 Å². The quantitative estimate of drug-likeness (QED) is 0.422. The molecule has 7 heteroatoms. The van der Waals surface area contributed by atoms with E-state index in [1.807, 2.05) is 38.1 Å². The van der Waals surface area contributed by atoms with Crippen molar-refractivity contribution in [2.24, 2.45) is 0 Å². The summed E-state index contributed by atoms with van der Waals surface area (Å²) in [6, 6.07) is 7.92. The van der Waals surface area contributed by atoms with Crippen LogP contribution in [0.2, 0.25) is 5.02 Å². The van der Waals surface area contributed by atoms with Crippen molar-refractivity contribution in [3.05, 3.63) is 40.5 Å². The molecule has 0 saturated carbocycles. The number of hydrogen-bond acceptors (Lipinski definition) is 5. The van der Waals surface area contributed by atoms with Gasteiger partial charge in [0.05, 0.1) is 21.7 Å². The zero-order valence-corrected chi connectivity index (χ0v) is 13.9. The van der Waals surface area contributed by atoms with Crippen molar-refractivity contribution in [2.45, 2.75) is 13.8 Å². The summed E-state index contributed by atoms with van der Waals surface area (Å²) in [5.41, 5.74) is 5.32. The van der Waals surface area contributed by atoms with Crippen LogP contribution in [0.4, 0.5) is 0 Å². The van der Waals surface area contributed by atoms with Gasteiger partial charge in [0.15, 0.2) is 5.65 Å². The van der Waals surface area contributed by atoms with Crippen LogP contribution in [0.5, 0.6) is 0 Å². The number of rotatable bonds is 0. The molecule has 0 fully saturated rings. The summed E-state index contributed by atoms with van der Waals surface area (Å²) in [6.45, 7) is 3.92. The minimum atomic E-state index is 0.687. The van der Waals surface area contributed by atoms with Gasteiger partial charge in [-0.1, -0.05) is 28.9 Å². The van der Waals surface area contributed by atoms with E-state index in [0.717, 1.165) is 48.4 Å². The molecule has 5 rings (SSSR count). The second-order valence-electron chi connectivity index (χ2n) is 5.52. The van der Waals surface area contributed by atoms with E-state index in [2.05, 4.69) is 15.3 Å². The number of halogens is 1. The number of thiophene rings is 1. The molecule has 0 atom stereocenters. The average molecular weight is 340 g/mol. The van der Waals surface area contributed by atoms with Crippen LogP contribution >= 0.6 is 22.9 Å². The summed E-state index contributed by atoms with van der Waals surface area (Å²) in [7, 11) is 0. The van der Waals surface area contributed by atoms with Gasteiger partial charge in [0.2, 0.25) is 0 Å². The van der Waals surface area contributed by atoms with E-state index in [1.165, 1.54) is 0 Å². The number of fused-ring (bicyclic) bond motifs is 7. The van der Waals surface area contributed by atoms with E-state index < -0.39 is 0 Å². The molecule has 4 heterocycles. The Morgan fingerprint density at radius 2 is 1.96 bits per heavy atom.